The molecule has 1 N–H and O–H groups in total. The van der Waals surface area contributed by atoms with Crippen molar-refractivity contribution < 1.29 is 9.13 Å². The summed E-state index contributed by atoms with van der Waals surface area (Å²) in [5.74, 6) is 0.191. The smallest absolute Gasteiger partial charge is 0.123 e. The third kappa shape index (κ3) is 3.79. The van der Waals surface area contributed by atoms with E-state index in [0.717, 1.165) is 12.1 Å². The number of likely N-dealkylation sites (N-methyl/N-ethyl adjacent to an activating group) is 1. The van der Waals surface area contributed by atoms with Crippen LogP contribution in [-0.2, 0) is 4.74 Å². The van der Waals surface area contributed by atoms with E-state index >= 15 is 0 Å². The largest absolute Gasteiger partial charge is 0.379 e. The molecule has 96 valence electrons. The number of halogens is 1. The molecule has 0 heterocycles. The fourth-order valence-corrected chi connectivity index (χ4v) is 2.11. The molecule has 0 bridgehead atoms. The van der Waals surface area contributed by atoms with Gasteiger partial charge in [0.15, 0.2) is 0 Å². The predicted molar refractivity (Wildman–Crippen MR) is 68.5 cm³/mol. The molecule has 2 unspecified atom stereocenters. The molecule has 0 aliphatic rings. The lowest BCUT2D eigenvalue weighted by Crippen LogP contribution is -2.36. The van der Waals surface area contributed by atoms with Crippen molar-refractivity contribution in [2.75, 3.05) is 13.7 Å². The van der Waals surface area contributed by atoms with Crippen molar-refractivity contribution >= 4 is 0 Å². The number of benzene rings is 1. The van der Waals surface area contributed by atoms with E-state index in [0.29, 0.717) is 5.92 Å². The Bertz CT molecular complexity index is 323. The van der Waals surface area contributed by atoms with Crippen LogP contribution in [0.1, 0.15) is 32.4 Å². The van der Waals surface area contributed by atoms with E-state index in [1.807, 2.05) is 12.1 Å². The summed E-state index contributed by atoms with van der Waals surface area (Å²) >= 11 is 0. The number of methoxy groups -OCH3 is 1. The van der Waals surface area contributed by atoms with Gasteiger partial charge in [-0.2, -0.15) is 0 Å². The zero-order valence-corrected chi connectivity index (χ0v) is 11.0. The summed E-state index contributed by atoms with van der Waals surface area (Å²) in [6.07, 6.45) is 0.0837. The molecule has 17 heavy (non-hydrogen) atoms. The van der Waals surface area contributed by atoms with Gasteiger partial charge < -0.3 is 10.1 Å². The van der Waals surface area contributed by atoms with Gasteiger partial charge in [0.25, 0.3) is 0 Å². The minimum absolute atomic E-state index is 0.0837. The van der Waals surface area contributed by atoms with Gasteiger partial charge in [0.05, 0.1) is 12.1 Å². The normalized spacial score (nSPS) is 14.9. The Morgan fingerprint density at radius 2 is 1.82 bits per heavy atom. The molecule has 3 heteroatoms. The van der Waals surface area contributed by atoms with Crippen LogP contribution in [0.4, 0.5) is 4.39 Å². The molecule has 2 nitrogen and oxygen atoms in total. The lowest BCUT2D eigenvalue weighted by atomic mass is 9.93. The van der Waals surface area contributed by atoms with Gasteiger partial charge in [-0.15, -0.1) is 0 Å². The molecule has 0 saturated heterocycles. The predicted octanol–water partition coefficient (Wildman–Crippen LogP) is 3.15. The molecular weight excluding hydrogens is 217 g/mol. The van der Waals surface area contributed by atoms with Gasteiger partial charge in [-0.25, -0.2) is 4.39 Å². The first kappa shape index (κ1) is 14.1. The molecule has 0 aliphatic heterocycles. The Kier molecular flexibility index (Phi) is 5.59. The molecule has 1 aromatic carbocycles. The van der Waals surface area contributed by atoms with Crippen molar-refractivity contribution in [1.29, 1.82) is 0 Å². The van der Waals surface area contributed by atoms with E-state index in [4.69, 9.17) is 4.74 Å². The van der Waals surface area contributed by atoms with E-state index in [1.165, 1.54) is 12.1 Å². The van der Waals surface area contributed by atoms with Gasteiger partial charge >= 0.3 is 0 Å². The van der Waals surface area contributed by atoms with Gasteiger partial charge in [0, 0.05) is 7.11 Å². The Balaban J connectivity index is 2.94. The number of nitrogens with one attached hydrogen (secondary N) is 1. The average molecular weight is 239 g/mol. The summed E-state index contributed by atoms with van der Waals surface area (Å²) in [7, 11) is 1.72. The van der Waals surface area contributed by atoms with Gasteiger partial charge in [0.1, 0.15) is 5.82 Å². The summed E-state index contributed by atoms with van der Waals surface area (Å²) in [4.78, 5) is 0. The molecule has 0 aromatic heterocycles. The van der Waals surface area contributed by atoms with Crippen molar-refractivity contribution in [3.63, 3.8) is 0 Å². The summed E-state index contributed by atoms with van der Waals surface area (Å²) in [5, 5.41) is 3.40. The van der Waals surface area contributed by atoms with E-state index in [9.17, 15) is 4.39 Å². The zero-order chi connectivity index (χ0) is 12.8. The van der Waals surface area contributed by atoms with Crippen LogP contribution in [0.2, 0.25) is 0 Å². The standard InChI is InChI=1S/C14H22FNO/c1-5-16-13(14(17-4)10(2)3)11-6-8-12(15)9-7-11/h6-10,13-14,16H,5H2,1-4H3. The molecule has 1 rings (SSSR count). The van der Waals surface area contributed by atoms with Crippen molar-refractivity contribution in [1.82, 2.24) is 5.32 Å². The monoisotopic (exact) mass is 239 g/mol. The van der Waals surface area contributed by atoms with Crippen LogP contribution in [0.3, 0.4) is 0 Å². The maximum atomic E-state index is 12.9. The lowest BCUT2D eigenvalue weighted by Gasteiger charge is -2.30. The second kappa shape index (κ2) is 6.72. The second-order valence-corrected chi connectivity index (χ2v) is 4.53. The highest BCUT2D eigenvalue weighted by atomic mass is 19.1. The Labute approximate surface area is 103 Å². The third-order valence-electron chi connectivity index (χ3n) is 2.91. The molecule has 0 aliphatic carbocycles. The van der Waals surface area contributed by atoms with Crippen LogP contribution in [0.5, 0.6) is 0 Å². The van der Waals surface area contributed by atoms with E-state index in [1.54, 1.807) is 7.11 Å². The van der Waals surface area contributed by atoms with Gasteiger partial charge in [-0.3, -0.25) is 0 Å². The van der Waals surface area contributed by atoms with Crippen LogP contribution in [0.15, 0.2) is 24.3 Å². The Morgan fingerprint density at radius 1 is 1.24 bits per heavy atom. The number of rotatable bonds is 6. The first-order chi connectivity index (χ1) is 8.10. The fraction of sp³-hybridized carbons (Fsp3) is 0.571. The molecule has 0 fully saturated rings. The van der Waals surface area contributed by atoms with E-state index in [2.05, 4.69) is 26.1 Å². The van der Waals surface area contributed by atoms with Crippen LogP contribution < -0.4 is 5.32 Å². The van der Waals surface area contributed by atoms with Crippen molar-refractivity contribution in [3.05, 3.63) is 35.6 Å². The summed E-state index contributed by atoms with van der Waals surface area (Å²) in [6, 6.07) is 6.72. The maximum absolute atomic E-state index is 12.9. The highest BCUT2D eigenvalue weighted by molar-refractivity contribution is 5.21. The van der Waals surface area contributed by atoms with Gasteiger partial charge in [-0.1, -0.05) is 32.9 Å². The summed E-state index contributed by atoms with van der Waals surface area (Å²) in [5.41, 5.74) is 1.06. The molecule has 0 radical (unpaired) electrons. The minimum atomic E-state index is -0.206. The second-order valence-electron chi connectivity index (χ2n) is 4.53. The van der Waals surface area contributed by atoms with Crippen molar-refractivity contribution in [3.8, 4) is 0 Å². The third-order valence-corrected chi connectivity index (χ3v) is 2.91. The van der Waals surface area contributed by atoms with Crippen LogP contribution in [0, 0.1) is 11.7 Å². The Hall–Kier alpha value is -0.930. The van der Waals surface area contributed by atoms with Crippen molar-refractivity contribution in [2.24, 2.45) is 5.92 Å². The minimum Gasteiger partial charge on any atom is -0.379 e. The molecule has 1 aromatic rings. The summed E-state index contributed by atoms with van der Waals surface area (Å²) < 4.78 is 18.5. The molecule has 0 amide bonds. The first-order valence-corrected chi connectivity index (χ1v) is 6.11. The highest BCUT2D eigenvalue weighted by Crippen LogP contribution is 2.24. The van der Waals surface area contributed by atoms with Crippen LogP contribution in [-0.4, -0.2) is 19.8 Å². The average Bonchev–Trinajstić information content (AvgIpc) is 2.29. The fourth-order valence-electron chi connectivity index (χ4n) is 2.11. The van der Waals surface area contributed by atoms with Crippen LogP contribution in [0.25, 0.3) is 0 Å². The van der Waals surface area contributed by atoms with Crippen molar-refractivity contribution in [2.45, 2.75) is 32.9 Å². The van der Waals surface area contributed by atoms with Gasteiger partial charge in [0.2, 0.25) is 0 Å². The van der Waals surface area contributed by atoms with Gasteiger partial charge in [-0.05, 0) is 30.2 Å². The topological polar surface area (TPSA) is 21.3 Å². The zero-order valence-electron chi connectivity index (χ0n) is 11.0. The summed E-state index contributed by atoms with van der Waals surface area (Å²) in [6.45, 7) is 7.17. The van der Waals surface area contributed by atoms with Crippen LogP contribution >= 0.6 is 0 Å². The number of hydrogen-bond acceptors (Lipinski definition) is 2. The molecular formula is C14H22FNO. The number of hydrogen-bond donors (Lipinski definition) is 1. The number of ether oxygens (including phenoxy) is 1. The molecule has 2 atom stereocenters. The SMILES string of the molecule is CCNC(c1ccc(F)cc1)C(OC)C(C)C. The first-order valence-electron chi connectivity index (χ1n) is 6.11. The van der Waals surface area contributed by atoms with E-state index in [-0.39, 0.29) is 18.0 Å². The lowest BCUT2D eigenvalue weighted by molar-refractivity contribution is 0.0331. The van der Waals surface area contributed by atoms with E-state index < -0.39 is 0 Å². The highest BCUT2D eigenvalue weighted by Gasteiger charge is 2.24. The molecule has 0 spiro atoms. The Morgan fingerprint density at radius 3 is 2.24 bits per heavy atom. The maximum Gasteiger partial charge on any atom is 0.123 e. The quantitative estimate of drug-likeness (QED) is 0.823. The molecule has 0 saturated carbocycles.